The van der Waals surface area contributed by atoms with Gasteiger partial charge in [0, 0.05) is 44.8 Å². The maximum Gasteiger partial charge on any atom is 0.416 e. The Hall–Kier alpha value is -4.69. The number of aryl methyl sites for hydroxylation is 1. The van der Waals surface area contributed by atoms with Crippen molar-refractivity contribution < 1.29 is 22.8 Å². The van der Waals surface area contributed by atoms with E-state index >= 15 is 0 Å². The number of benzene rings is 4. The third-order valence-electron chi connectivity index (χ3n) is 9.26. The zero-order valence-corrected chi connectivity index (χ0v) is 28.7. The Balaban J connectivity index is 1.40. The SMILES string of the molecule is CCCCCc1ccc(CNC(=O)C(=Cc2ccc(C(F)(F)F)cc2)[C@H](Cc2ccccc2)C(=O)N2CCN(Cc3ccccc3)CC2)cc1. The van der Waals surface area contributed by atoms with Gasteiger partial charge in [-0.15, -0.1) is 0 Å². The van der Waals surface area contributed by atoms with Crippen molar-refractivity contribution in [1.82, 2.24) is 15.1 Å². The Bertz CT molecular complexity index is 1680. The van der Waals surface area contributed by atoms with Crippen LogP contribution in [0.4, 0.5) is 13.2 Å². The minimum absolute atomic E-state index is 0.169. The van der Waals surface area contributed by atoms with E-state index in [1.54, 1.807) is 6.08 Å². The summed E-state index contributed by atoms with van der Waals surface area (Å²) in [4.78, 5) is 32.7. The van der Waals surface area contributed by atoms with Crippen molar-refractivity contribution in [2.45, 2.75) is 58.3 Å². The highest BCUT2D eigenvalue weighted by molar-refractivity contribution is 6.04. The van der Waals surface area contributed by atoms with E-state index < -0.39 is 23.6 Å². The van der Waals surface area contributed by atoms with Gasteiger partial charge in [0.1, 0.15) is 0 Å². The quantitative estimate of drug-likeness (QED) is 0.108. The summed E-state index contributed by atoms with van der Waals surface area (Å²) < 4.78 is 40.1. The molecule has 0 aromatic heterocycles. The van der Waals surface area contributed by atoms with Gasteiger partial charge in [0.25, 0.3) is 0 Å². The number of nitrogens with one attached hydrogen (secondary N) is 1. The van der Waals surface area contributed by atoms with Gasteiger partial charge in [-0.3, -0.25) is 14.5 Å². The number of halogens is 3. The van der Waals surface area contributed by atoms with E-state index in [-0.39, 0.29) is 24.4 Å². The predicted molar refractivity (Wildman–Crippen MR) is 193 cm³/mol. The molecule has 50 heavy (non-hydrogen) atoms. The van der Waals surface area contributed by atoms with Gasteiger partial charge < -0.3 is 10.2 Å². The number of piperazine rings is 1. The van der Waals surface area contributed by atoms with Crippen molar-refractivity contribution in [2.24, 2.45) is 5.92 Å². The number of carbonyl (C=O) groups is 2. The Morgan fingerprint density at radius 1 is 0.740 bits per heavy atom. The van der Waals surface area contributed by atoms with Crippen LogP contribution < -0.4 is 5.32 Å². The predicted octanol–water partition coefficient (Wildman–Crippen LogP) is 8.34. The Morgan fingerprint density at radius 2 is 1.34 bits per heavy atom. The summed E-state index contributed by atoms with van der Waals surface area (Å²) in [6, 6.07) is 32.6. The molecule has 0 bridgehead atoms. The molecule has 1 N–H and O–H groups in total. The lowest BCUT2D eigenvalue weighted by Gasteiger charge is -2.37. The van der Waals surface area contributed by atoms with Crippen LogP contribution in [0.2, 0.25) is 0 Å². The summed E-state index contributed by atoms with van der Waals surface area (Å²) in [5.41, 5.74) is 4.13. The zero-order chi connectivity index (χ0) is 35.3. The molecule has 2 amide bonds. The molecule has 0 aliphatic carbocycles. The number of carbonyl (C=O) groups excluding carboxylic acids is 2. The van der Waals surface area contributed by atoms with E-state index in [0.29, 0.717) is 31.7 Å². The van der Waals surface area contributed by atoms with Crippen LogP contribution >= 0.6 is 0 Å². The van der Waals surface area contributed by atoms with Gasteiger partial charge in [0.05, 0.1) is 11.5 Å². The molecule has 5 rings (SSSR count). The summed E-state index contributed by atoms with van der Waals surface area (Å²) in [6.45, 7) is 5.62. The Kier molecular flexibility index (Phi) is 13.0. The summed E-state index contributed by atoms with van der Waals surface area (Å²) >= 11 is 0. The van der Waals surface area contributed by atoms with Crippen molar-refractivity contribution in [3.63, 3.8) is 0 Å². The monoisotopic (exact) mass is 681 g/mol. The number of hydrogen-bond acceptors (Lipinski definition) is 3. The summed E-state index contributed by atoms with van der Waals surface area (Å²) in [5.74, 6) is -1.44. The normalized spacial score (nSPS) is 14.7. The van der Waals surface area contributed by atoms with Crippen LogP contribution in [-0.2, 0) is 41.7 Å². The molecule has 4 aromatic carbocycles. The van der Waals surface area contributed by atoms with E-state index in [0.717, 1.165) is 49.1 Å². The standard InChI is InChI=1S/C42H46F3N3O2/c1-2-3-6-11-32-16-18-35(19-17-32)30-46-40(49)38(28-34-20-22-37(23-21-34)42(43,44)45)39(29-33-12-7-4-8-13-33)41(50)48-26-24-47(25-27-48)31-36-14-9-5-10-15-36/h4-5,7-10,12-23,28,39H,2-3,6,11,24-27,29-31H2,1H3,(H,46,49)/t39-/m0/s1. The van der Waals surface area contributed by atoms with Gasteiger partial charge >= 0.3 is 6.18 Å². The molecular formula is C42H46F3N3O2. The number of amides is 2. The molecule has 1 aliphatic heterocycles. The van der Waals surface area contributed by atoms with Gasteiger partial charge in [0.15, 0.2) is 0 Å². The maximum atomic E-state index is 14.4. The highest BCUT2D eigenvalue weighted by atomic mass is 19.4. The van der Waals surface area contributed by atoms with Crippen LogP contribution in [0.1, 0.15) is 59.6 Å². The number of nitrogens with zero attached hydrogens (tertiary/aromatic N) is 2. The van der Waals surface area contributed by atoms with Crippen LogP contribution in [0.25, 0.3) is 6.08 Å². The van der Waals surface area contributed by atoms with E-state index in [1.807, 2.05) is 65.6 Å². The van der Waals surface area contributed by atoms with Crippen LogP contribution in [0.15, 0.2) is 115 Å². The molecule has 1 atom stereocenters. The molecule has 0 saturated carbocycles. The van der Waals surface area contributed by atoms with E-state index in [2.05, 4.69) is 41.4 Å². The van der Waals surface area contributed by atoms with Crippen molar-refractivity contribution in [1.29, 1.82) is 0 Å². The second-order valence-electron chi connectivity index (χ2n) is 13.0. The second kappa shape index (κ2) is 17.8. The Labute approximate surface area is 293 Å². The van der Waals surface area contributed by atoms with Crippen molar-refractivity contribution >= 4 is 17.9 Å². The molecule has 1 fully saturated rings. The highest BCUT2D eigenvalue weighted by Crippen LogP contribution is 2.30. The minimum atomic E-state index is -4.48. The van der Waals surface area contributed by atoms with E-state index in [4.69, 9.17) is 0 Å². The molecule has 262 valence electrons. The first-order valence-electron chi connectivity index (χ1n) is 17.5. The first-order valence-corrected chi connectivity index (χ1v) is 17.5. The van der Waals surface area contributed by atoms with Crippen molar-refractivity contribution in [3.05, 3.63) is 148 Å². The molecule has 1 heterocycles. The van der Waals surface area contributed by atoms with Crippen LogP contribution in [0.5, 0.6) is 0 Å². The average molecular weight is 682 g/mol. The van der Waals surface area contributed by atoms with Gasteiger partial charge in [-0.05, 0) is 65.3 Å². The molecule has 4 aromatic rings. The topological polar surface area (TPSA) is 52.7 Å². The van der Waals surface area contributed by atoms with Gasteiger partial charge in [-0.25, -0.2) is 0 Å². The average Bonchev–Trinajstić information content (AvgIpc) is 3.13. The molecule has 1 aliphatic rings. The molecule has 8 heteroatoms. The largest absolute Gasteiger partial charge is 0.416 e. The summed E-state index contributed by atoms with van der Waals surface area (Å²) in [5, 5.41) is 3.02. The van der Waals surface area contributed by atoms with E-state index in [9.17, 15) is 22.8 Å². The van der Waals surface area contributed by atoms with Crippen molar-refractivity contribution in [3.8, 4) is 0 Å². The summed E-state index contributed by atoms with van der Waals surface area (Å²) in [7, 11) is 0. The fourth-order valence-corrected chi connectivity index (χ4v) is 6.33. The van der Waals surface area contributed by atoms with Crippen LogP contribution in [0.3, 0.4) is 0 Å². The number of unbranched alkanes of at least 4 members (excludes halogenated alkanes) is 2. The zero-order valence-electron chi connectivity index (χ0n) is 28.7. The fourth-order valence-electron chi connectivity index (χ4n) is 6.33. The lowest BCUT2D eigenvalue weighted by atomic mass is 9.88. The Morgan fingerprint density at radius 3 is 1.94 bits per heavy atom. The molecule has 5 nitrogen and oxygen atoms in total. The smallest absolute Gasteiger partial charge is 0.348 e. The van der Waals surface area contributed by atoms with Crippen LogP contribution in [0, 0.1) is 5.92 Å². The lowest BCUT2D eigenvalue weighted by molar-refractivity contribution is -0.138. The molecule has 0 unspecified atom stereocenters. The third kappa shape index (κ3) is 10.7. The fraction of sp³-hybridized carbons (Fsp3) is 0.333. The summed E-state index contributed by atoms with van der Waals surface area (Å²) in [6.07, 6.45) is 1.83. The maximum absolute atomic E-state index is 14.4. The number of alkyl halides is 3. The first-order chi connectivity index (χ1) is 24.2. The second-order valence-corrected chi connectivity index (χ2v) is 13.0. The third-order valence-corrected chi connectivity index (χ3v) is 9.26. The minimum Gasteiger partial charge on any atom is -0.348 e. The first kappa shape index (κ1) is 36.6. The number of hydrogen-bond donors (Lipinski definition) is 1. The molecule has 0 radical (unpaired) electrons. The van der Waals surface area contributed by atoms with Gasteiger partial charge in [0.2, 0.25) is 11.8 Å². The molecule has 0 spiro atoms. The van der Waals surface area contributed by atoms with Gasteiger partial charge in [-0.1, -0.05) is 117 Å². The van der Waals surface area contributed by atoms with E-state index in [1.165, 1.54) is 29.7 Å². The molecular weight excluding hydrogens is 635 g/mol. The lowest BCUT2D eigenvalue weighted by Crippen LogP contribution is -2.51. The van der Waals surface area contributed by atoms with Gasteiger partial charge in [-0.2, -0.15) is 13.2 Å². The van der Waals surface area contributed by atoms with Crippen LogP contribution in [-0.4, -0.2) is 47.8 Å². The number of rotatable bonds is 14. The molecule has 1 saturated heterocycles. The van der Waals surface area contributed by atoms with Crippen molar-refractivity contribution in [2.75, 3.05) is 26.2 Å². The highest BCUT2D eigenvalue weighted by Gasteiger charge is 2.34.